The van der Waals surface area contributed by atoms with Gasteiger partial charge < -0.3 is 25.6 Å². The average Bonchev–Trinajstić information content (AvgIpc) is 4.15. The van der Waals surface area contributed by atoms with Crippen LogP contribution >= 0.6 is 15.9 Å². The zero-order valence-corrected chi connectivity index (χ0v) is 45.1. The number of rotatable bonds is 21. The average molecular weight is 1050 g/mol. The van der Waals surface area contributed by atoms with Crippen LogP contribution in [0.2, 0.25) is 25.7 Å². The highest BCUT2D eigenvalue weighted by Gasteiger charge is 2.27. The van der Waals surface area contributed by atoms with Gasteiger partial charge in [0, 0.05) is 52.2 Å². The first-order chi connectivity index (χ1) is 32.0. The maximum Gasteiger partial charge on any atom is 0.276 e. The molecule has 8 rings (SSSR count). The minimum atomic E-state index is -3.74. The number of nitrogens with one attached hydrogen (secondary N) is 4. The van der Waals surface area contributed by atoms with Crippen LogP contribution in [0.5, 0.6) is 0 Å². The molecule has 0 radical (unpaired) electrons. The van der Waals surface area contributed by atoms with Crippen molar-refractivity contribution in [3.63, 3.8) is 0 Å². The summed E-state index contributed by atoms with van der Waals surface area (Å²) in [7, 11) is -8.64. The summed E-state index contributed by atoms with van der Waals surface area (Å²) in [6.07, 6.45) is 14.2. The molecule has 0 bridgehead atoms. The fraction of sp³-hybridized carbons (Fsp3) is 0.652. The fourth-order valence-corrected chi connectivity index (χ4v) is 12.5. The number of halogens is 1. The highest BCUT2D eigenvalue weighted by Crippen LogP contribution is 2.40. The Morgan fingerprint density at radius 1 is 0.731 bits per heavy atom. The van der Waals surface area contributed by atoms with Crippen LogP contribution in [-0.4, -0.2) is 124 Å². The molecule has 21 heteroatoms. The Hall–Kier alpha value is -3.28. The van der Waals surface area contributed by atoms with Crippen LogP contribution in [0.1, 0.15) is 97.9 Å². The number of aryl methyl sites for hydroxylation is 4. The molecule has 4 aliphatic carbocycles. The van der Waals surface area contributed by atoms with Gasteiger partial charge in [-0.1, -0.05) is 59.5 Å². The molecule has 6 N–H and O–H groups in total. The molecular weight excluding hydrogens is 973 g/mol. The number of fused-ring (bicyclic) bond motifs is 4. The summed E-state index contributed by atoms with van der Waals surface area (Å²) in [4.78, 5) is 12.5. The number of ether oxygens (including phenoxy) is 1. The summed E-state index contributed by atoms with van der Waals surface area (Å²) < 4.78 is 62.3. The van der Waals surface area contributed by atoms with Gasteiger partial charge in [0.25, 0.3) is 30.4 Å². The van der Waals surface area contributed by atoms with E-state index in [1.165, 1.54) is 87.7 Å². The minimum absolute atomic E-state index is 0.0648. The highest BCUT2D eigenvalue weighted by atomic mass is 79.9. The van der Waals surface area contributed by atoms with Crippen molar-refractivity contribution in [1.29, 1.82) is 0 Å². The van der Waals surface area contributed by atoms with Crippen molar-refractivity contribution in [2.45, 2.75) is 147 Å². The maximum absolute atomic E-state index is 12.5. The highest BCUT2D eigenvalue weighted by molar-refractivity contribution is 9.10. The van der Waals surface area contributed by atoms with Crippen LogP contribution in [0.3, 0.4) is 0 Å². The standard InChI is InChI=1S/C20H30N6O2S.C14H30BrN5O3SSi.C12H15N/c1-3-26(4-2)12-11-21-29(27,28)20-23-19(24-25-20)22-18-16-9-5-7-14(16)13-15-8-6-10-17(15)18;1-6-19(7-2)9-8-16-24(21,22)14-17-13(15)18-20(14)12-23-10-11-25(3,4)5;13-12-10-5-1-3-8(10)7-9-4-2-6-11(9)12/h13,21H,3-12H2,1-2H3,(H2,22,23,24,25);16H,6-12H2,1-5H3;7H,1-6,13H2. The van der Waals surface area contributed by atoms with E-state index >= 15 is 0 Å². The summed E-state index contributed by atoms with van der Waals surface area (Å²) in [5.41, 5.74) is 20.0. The monoisotopic (exact) mass is 1050 g/mol. The topological polar surface area (TPSA) is 218 Å². The number of hydrogen-bond acceptors (Lipinski definition) is 13. The molecule has 67 heavy (non-hydrogen) atoms. The molecule has 372 valence electrons. The van der Waals surface area contributed by atoms with E-state index in [4.69, 9.17) is 10.5 Å². The molecule has 2 aromatic carbocycles. The lowest BCUT2D eigenvalue weighted by Gasteiger charge is -2.18. The number of likely N-dealkylation sites (N-methyl/N-ethyl adjacent to an activating group) is 2. The maximum atomic E-state index is 12.5. The molecule has 4 aliphatic rings. The number of nitrogens with two attached hydrogens (primary N) is 1. The molecule has 2 heterocycles. The SMILES string of the molecule is CCN(CC)CCNS(=O)(=O)c1nc(Br)nn1COCC[Si](C)(C)C.CCN(CC)CCNS(=O)(=O)c1nc(Nc2c3c(cc4c2CCC4)CCC3)n[nH]1.Nc1c2c(cc3c1CCC3)CCC2. The van der Waals surface area contributed by atoms with E-state index in [0.717, 1.165) is 82.1 Å². The number of H-pyrrole nitrogens is 1. The van der Waals surface area contributed by atoms with Gasteiger partial charge in [0.1, 0.15) is 6.73 Å². The number of hydrogen-bond donors (Lipinski definition) is 5. The quantitative estimate of drug-likeness (QED) is 0.0349. The Kier molecular flexibility index (Phi) is 19.0. The van der Waals surface area contributed by atoms with Gasteiger partial charge in [0.15, 0.2) is 0 Å². The first-order valence-corrected chi connectivity index (χ1v) is 31.8. The van der Waals surface area contributed by atoms with Crippen LogP contribution in [0, 0.1) is 0 Å². The zero-order valence-electron chi connectivity index (χ0n) is 40.9. The predicted octanol–water partition coefficient (Wildman–Crippen LogP) is 6.37. The molecule has 0 spiro atoms. The molecule has 4 aromatic rings. The first kappa shape index (κ1) is 53.1. The number of benzene rings is 2. The lowest BCUT2D eigenvalue weighted by Crippen LogP contribution is -2.36. The molecule has 17 nitrogen and oxygen atoms in total. The molecule has 0 amide bonds. The number of aromatic nitrogens is 6. The minimum Gasteiger partial charge on any atom is -0.398 e. The van der Waals surface area contributed by atoms with Crippen molar-refractivity contribution in [3.8, 4) is 0 Å². The normalized spacial score (nSPS) is 15.3. The third-order valence-corrected chi connectivity index (χ3v) is 17.9. The molecule has 0 saturated heterocycles. The van der Waals surface area contributed by atoms with Crippen molar-refractivity contribution < 1.29 is 21.6 Å². The second-order valence-corrected chi connectivity index (χ2v) is 28.6. The van der Waals surface area contributed by atoms with Crippen LogP contribution in [0.15, 0.2) is 27.2 Å². The Bertz CT molecular complexity index is 2440. The number of nitrogen functional groups attached to an aromatic ring is 1. The van der Waals surface area contributed by atoms with Crippen molar-refractivity contribution in [2.75, 3.05) is 70.0 Å². The van der Waals surface area contributed by atoms with Crippen LogP contribution in [0.4, 0.5) is 17.3 Å². The molecule has 0 unspecified atom stereocenters. The van der Waals surface area contributed by atoms with Crippen molar-refractivity contribution in [1.82, 2.24) is 49.2 Å². The Labute approximate surface area is 408 Å². The lowest BCUT2D eigenvalue weighted by atomic mass is 9.99. The van der Waals surface area contributed by atoms with Gasteiger partial charge >= 0.3 is 0 Å². The summed E-state index contributed by atoms with van der Waals surface area (Å²) >= 11 is 3.14. The first-order valence-electron chi connectivity index (χ1n) is 24.4. The van der Waals surface area contributed by atoms with Crippen LogP contribution < -0.4 is 20.5 Å². The van der Waals surface area contributed by atoms with Gasteiger partial charge in [-0.25, -0.2) is 36.1 Å². The number of nitrogens with zero attached hydrogens (tertiary/aromatic N) is 7. The fourth-order valence-electron chi connectivity index (χ4n) is 9.36. The number of aromatic amines is 1. The second kappa shape index (κ2) is 24.0. The summed E-state index contributed by atoms with van der Waals surface area (Å²) in [6, 6.07) is 5.79. The summed E-state index contributed by atoms with van der Waals surface area (Å²) in [6.45, 7) is 21.2. The predicted molar refractivity (Wildman–Crippen MR) is 273 cm³/mol. The molecule has 0 fully saturated rings. The van der Waals surface area contributed by atoms with Gasteiger partial charge in [-0.15, -0.1) is 10.2 Å². The third-order valence-electron chi connectivity index (χ3n) is 13.2. The van der Waals surface area contributed by atoms with Crippen molar-refractivity contribution >= 4 is 61.4 Å². The molecule has 0 aliphatic heterocycles. The number of anilines is 3. The largest absolute Gasteiger partial charge is 0.398 e. The Balaban J connectivity index is 0.000000176. The molecule has 0 saturated carbocycles. The molecule has 0 atom stereocenters. The van der Waals surface area contributed by atoms with Gasteiger partial charge in [-0.2, -0.15) is 9.97 Å². The molecule has 2 aromatic heterocycles. The second-order valence-electron chi connectivity index (χ2n) is 19.0. The van der Waals surface area contributed by atoms with Gasteiger partial charge in [0.05, 0.1) is 0 Å². The van der Waals surface area contributed by atoms with Crippen molar-refractivity contribution in [3.05, 3.63) is 61.4 Å². The van der Waals surface area contributed by atoms with E-state index in [1.54, 1.807) is 0 Å². The van der Waals surface area contributed by atoms with E-state index in [-0.39, 0.29) is 21.8 Å². The van der Waals surface area contributed by atoms with E-state index < -0.39 is 28.1 Å². The summed E-state index contributed by atoms with van der Waals surface area (Å²) in [5, 5.41) is 13.8. The van der Waals surface area contributed by atoms with E-state index in [1.807, 2.05) is 13.8 Å². The zero-order chi connectivity index (χ0) is 48.4. The van der Waals surface area contributed by atoms with E-state index in [2.05, 4.69) is 111 Å². The number of sulfonamides is 2. The van der Waals surface area contributed by atoms with Gasteiger partial charge in [0.2, 0.25) is 10.7 Å². The van der Waals surface area contributed by atoms with Gasteiger partial charge in [-0.05, 0) is 170 Å². The van der Waals surface area contributed by atoms with E-state index in [9.17, 15) is 16.8 Å². The smallest absolute Gasteiger partial charge is 0.276 e. The summed E-state index contributed by atoms with van der Waals surface area (Å²) in [5.74, 6) is 0.309. The van der Waals surface area contributed by atoms with Gasteiger partial charge in [-0.3, -0.25) is 0 Å². The Morgan fingerprint density at radius 3 is 1.70 bits per heavy atom. The third kappa shape index (κ3) is 14.2. The van der Waals surface area contributed by atoms with Crippen LogP contribution in [-0.2, 0) is 82.9 Å². The van der Waals surface area contributed by atoms with E-state index in [0.29, 0.717) is 38.7 Å². The lowest BCUT2D eigenvalue weighted by molar-refractivity contribution is 0.0712. The van der Waals surface area contributed by atoms with Crippen molar-refractivity contribution in [2.24, 2.45) is 0 Å². The Morgan fingerprint density at radius 2 is 1.21 bits per heavy atom. The van der Waals surface area contributed by atoms with Crippen LogP contribution in [0.25, 0.3) is 0 Å². The molecular formula is C46H75BrN12O5S2Si.